The molecule has 1 aromatic rings. The lowest BCUT2D eigenvalue weighted by atomic mass is 9.42. The first-order valence-electron chi connectivity index (χ1n) is 10.4. The summed E-state index contributed by atoms with van der Waals surface area (Å²) < 4.78 is 5.17. The molecule has 1 aromatic carbocycles. The van der Waals surface area contributed by atoms with Crippen molar-refractivity contribution in [3.63, 3.8) is 0 Å². The Bertz CT molecular complexity index is 722. The van der Waals surface area contributed by atoms with Crippen LogP contribution in [0, 0.1) is 24.2 Å². The fourth-order valence-electron chi connectivity index (χ4n) is 6.42. The van der Waals surface area contributed by atoms with Gasteiger partial charge in [0.15, 0.2) is 0 Å². The van der Waals surface area contributed by atoms with Crippen molar-refractivity contribution in [2.75, 3.05) is 6.54 Å². The normalized spacial score (nSPS) is 33.9. The highest BCUT2D eigenvalue weighted by Crippen LogP contribution is 2.65. The van der Waals surface area contributed by atoms with Gasteiger partial charge in [-0.25, -0.2) is 0 Å². The highest BCUT2D eigenvalue weighted by molar-refractivity contribution is 5.87. The maximum Gasteiger partial charge on any atom is 0.325 e. The minimum Gasteiger partial charge on any atom is -0.462 e. The summed E-state index contributed by atoms with van der Waals surface area (Å²) in [6, 6.07) is 8.94. The molecule has 0 aromatic heterocycles. The molecule has 1 amide bonds. The average molecular weight is 370 g/mol. The van der Waals surface area contributed by atoms with Crippen LogP contribution in [0.5, 0.6) is 0 Å². The molecule has 4 aliphatic carbocycles. The number of carbonyl (C=O) groups excluding carboxylic acids is 2. The van der Waals surface area contributed by atoms with Crippen molar-refractivity contribution in [2.24, 2.45) is 17.3 Å². The van der Waals surface area contributed by atoms with Crippen LogP contribution in [0.1, 0.15) is 63.5 Å². The van der Waals surface area contributed by atoms with E-state index in [0.29, 0.717) is 11.8 Å². The van der Waals surface area contributed by atoms with Crippen LogP contribution in [0.15, 0.2) is 24.3 Å². The molecule has 1 N–H and O–H groups in total. The summed E-state index contributed by atoms with van der Waals surface area (Å²) in [6.45, 7) is 5.74. The van der Waals surface area contributed by atoms with Crippen LogP contribution in [-0.2, 0) is 19.7 Å². The van der Waals surface area contributed by atoms with Crippen LogP contribution in [0.4, 0.5) is 0 Å². The van der Waals surface area contributed by atoms with Crippen molar-refractivity contribution >= 4 is 11.9 Å². The van der Waals surface area contributed by atoms with Gasteiger partial charge >= 0.3 is 5.97 Å². The quantitative estimate of drug-likeness (QED) is 0.801. The van der Waals surface area contributed by atoms with Gasteiger partial charge in [0.05, 0.1) is 11.5 Å². The second-order valence-corrected chi connectivity index (χ2v) is 9.61. The van der Waals surface area contributed by atoms with E-state index in [0.717, 1.165) is 19.3 Å². The first-order valence-corrected chi connectivity index (χ1v) is 10.4. The molecule has 4 bridgehead atoms. The molecular weight excluding hydrogens is 338 g/mol. The van der Waals surface area contributed by atoms with Gasteiger partial charge in [0.2, 0.25) is 5.91 Å². The number of carbonyl (C=O) groups is 2. The molecule has 4 heteroatoms. The van der Waals surface area contributed by atoms with E-state index in [9.17, 15) is 9.59 Å². The first kappa shape index (κ1) is 18.5. The van der Waals surface area contributed by atoms with Crippen molar-refractivity contribution in [1.82, 2.24) is 5.32 Å². The van der Waals surface area contributed by atoms with E-state index in [-0.39, 0.29) is 35.4 Å². The molecule has 0 saturated heterocycles. The first-order chi connectivity index (χ1) is 12.8. The molecule has 0 radical (unpaired) electrons. The molecule has 4 fully saturated rings. The Morgan fingerprint density at radius 3 is 2.33 bits per heavy atom. The topological polar surface area (TPSA) is 55.4 Å². The molecule has 146 valence electrons. The predicted octanol–water partition coefficient (Wildman–Crippen LogP) is 3.90. The molecular formula is C23H31NO3. The summed E-state index contributed by atoms with van der Waals surface area (Å²) in [4.78, 5) is 25.1. The van der Waals surface area contributed by atoms with Gasteiger partial charge in [0.1, 0.15) is 6.54 Å². The van der Waals surface area contributed by atoms with E-state index in [4.69, 9.17) is 4.74 Å². The van der Waals surface area contributed by atoms with Crippen LogP contribution < -0.4 is 5.32 Å². The molecule has 4 nitrogen and oxygen atoms in total. The van der Waals surface area contributed by atoms with E-state index < -0.39 is 0 Å². The maximum atomic E-state index is 13.2. The molecule has 5 rings (SSSR count). The number of esters is 1. The zero-order valence-corrected chi connectivity index (χ0v) is 16.7. The molecule has 27 heavy (non-hydrogen) atoms. The van der Waals surface area contributed by atoms with Crippen molar-refractivity contribution < 1.29 is 14.3 Å². The number of benzene rings is 1. The second kappa shape index (κ2) is 6.65. The van der Waals surface area contributed by atoms with Gasteiger partial charge in [0, 0.05) is 0 Å². The van der Waals surface area contributed by atoms with Gasteiger partial charge < -0.3 is 10.1 Å². The molecule has 2 unspecified atom stereocenters. The van der Waals surface area contributed by atoms with E-state index >= 15 is 0 Å². The van der Waals surface area contributed by atoms with Gasteiger partial charge in [-0.2, -0.15) is 0 Å². The molecule has 4 saturated carbocycles. The van der Waals surface area contributed by atoms with Gasteiger partial charge in [-0.15, -0.1) is 0 Å². The maximum absolute atomic E-state index is 13.2. The number of nitrogens with one attached hydrogen (secondary N) is 1. The Balaban J connectivity index is 1.54. The van der Waals surface area contributed by atoms with Gasteiger partial charge in [-0.3, -0.25) is 9.59 Å². The number of amides is 1. The summed E-state index contributed by atoms with van der Waals surface area (Å²) in [5.41, 5.74) is 2.50. The van der Waals surface area contributed by atoms with Crippen LogP contribution in [-0.4, -0.2) is 24.5 Å². The lowest BCUT2D eigenvalue weighted by molar-refractivity contribution is -0.154. The summed E-state index contributed by atoms with van der Waals surface area (Å²) in [7, 11) is 0. The minimum atomic E-state index is -0.351. The summed E-state index contributed by atoms with van der Waals surface area (Å²) in [6.07, 6.45) is 6.39. The van der Waals surface area contributed by atoms with Crippen molar-refractivity contribution in [2.45, 2.75) is 70.8 Å². The summed E-state index contributed by atoms with van der Waals surface area (Å²) in [5.74, 6) is 0.965. The zero-order valence-electron chi connectivity index (χ0n) is 16.7. The minimum absolute atomic E-state index is 0.0222. The summed E-state index contributed by atoms with van der Waals surface area (Å²) in [5, 5.41) is 2.91. The van der Waals surface area contributed by atoms with Crippen molar-refractivity contribution in [3.05, 3.63) is 35.4 Å². The molecule has 0 spiro atoms. The number of aryl methyl sites for hydroxylation is 1. The standard InChI is InChI=1S/C23H31NO3/c1-15(2)27-20(25)13-24-21(26)23-11-17-8-18(12-23)10-22(9-17,14-23)19-6-4-16(3)5-7-19/h4-7,15,17-18H,8-14H2,1-3H3,(H,24,26). The number of rotatable bonds is 5. The highest BCUT2D eigenvalue weighted by atomic mass is 16.5. The van der Waals surface area contributed by atoms with Gasteiger partial charge in [-0.05, 0) is 82.1 Å². The van der Waals surface area contributed by atoms with Crippen molar-refractivity contribution in [3.8, 4) is 0 Å². The number of ether oxygens (including phenoxy) is 1. The molecule has 4 aliphatic rings. The number of hydrogen-bond donors (Lipinski definition) is 1. The Morgan fingerprint density at radius 2 is 1.74 bits per heavy atom. The Labute approximate surface area is 162 Å². The Hall–Kier alpha value is -1.84. The third-order valence-electron chi connectivity index (χ3n) is 6.97. The third kappa shape index (κ3) is 3.39. The third-order valence-corrected chi connectivity index (χ3v) is 6.97. The second-order valence-electron chi connectivity index (χ2n) is 9.61. The average Bonchev–Trinajstić information content (AvgIpc) is 2.58. The van der Waals surface area contributed by atoms with Crippen molar-refractivity contribution in [1.29, 1.82) is 0 Å². The number of hydrogen-bond acceptors (Lipinski definition) is 3. The van der Waals surface area contributed by atoms with Crippen LogP contribution in [0.3, 0.4) is 0 Å². The highest BCUT2D eigenvalue weighted by Gasteiger charge is 2.60. The van der Waals surface area contributed by atoms with E-state index in [2.05, 4.69) is 36.5 Å². The Morgan fingerprint density at radius 1 is 1.11 bits per heavy atom. The van der Waals surface area contributed by atoms with Crippen LogP contribution in [0.2, 0.25) is 0 Å². The van der Waals surface area contributed by atoms with Gasteiger partial charge in [0.25, 0.3) is 0 Å². The molecule has 0 heterocycles. The Kier molecular flexibility index (Phi) is 4.56. The largest absolute Gasteiger partial charge is 0.462 e. The smallest absolute Gasteiger partial charge is 0.325 e. The van der Waals surface area contributed by atoms with Crippen LogP contribution in [0.25, 0.3) is 0 Å². The predicted molar refractivity (Wildman–Crippen MR) is 104 cm³/mol. The fourth-order valence-corrected chi connectivity index (χ4v) is 6.42. The lowest BCUT2D eigenvalue weighted by Crippen LogP contribution is -2.59. The van der Waals surface area contributed by atoms with E-state index in [1.54, 1.807) is 0 Å². The van der Waals surface area contributed by atoms with Crippen LogP contribution >= 0.6 is 0 Å². The monoisotopic (exact) mass is 369 g/mol. The SMILES string of the molecule is Cc1ccc(C23CC4CC(CC(C(=O)NCC(=O)OC(C)C)(C4)C2)C3)cc1. The van der Waals surface area contributed by atoms with Gasteiger partial charge in [-0.1, -0.05) is 29.8 Å². The lowest BCUT2D eigenvalue weighted by Gasteiger charge is -2.61. The fraction of sp³-hybridized carbons (Fsp3) is 0.652. The molecule has 0 aliphatic heterocycles. The van der Waals surface area contributed by atoms with E-state index in [1.807, 2.05) is 13.8 Å². The molecule has 2 atom stereocenters. The summed E-state index contributed by atoms with van der Waals surface area (Å²) >= 11 is 0. The van der Waals surface area contributed by atoms with E-state index in [1.165, 1.54) is 30.4 Å². The zero-order chi connectivity index (χ0) is 19.2.